The van der Waals surface area contributed by atoms with E-state index in [1.165, 1.54) is 10.7 Å². The number of benzene rings is 1. The van der Waals surface area contributed by atoms with Crippen LogP contribution in [0.1, 0.15) is 5.56 Å². The zero-order valence-electron chi connectivity index (χ0n) is 8.78. The average Bonchev–Trinajstić information content (AvgIpc) is 2.33. The first-order valence-electron chi connectivity index (χ1n) is 5.10. The lowest BCUT2D eigenvalue weighted by Crippen LogP contribution is -2.20. The molecule has 0 atom stereocenters. The van der Waals surface area contributed by atoms with E-state index in [0.717, 1.165) is 5.56 Å². The highest BCUT2D eigenvalue weighted by Gasteiger charge is 1.90. The topological polar surface area (TPSA) is 34.9 Å². The molecule has 0 N–H and O–H groups in total. The molecule has 1 heterocycles. The lowest BCUT2D eigenvalue weighted by Gasteiger charge is -1.97. The molecule has 0 saturated carbocycles. The second-order valence-corrected chi connectivity index (χ2v) is 3.36. The zero-order valence-corrected chi connectivity index (χ0v) is 8.78. The molecule has 3 nitrogen and oxygen atoms in total. The third-order valence-electron chi connectivity index (χ3n) is 2.17. The Labute approximate surface area is 93.7 Å². The minimum Gasteiger partial charge on any atom is -0.268 e. The molecule has 0 aliphatic carbocycles. The third-order valence-corrected chi connectivity index (χ3v) is 2.17. The molecule has 0 radical (unpaired) electrons. The molecule has 0 bridgehead atoms. The van der Waals surface area contributed by atoms with Crippen LogP contribution in [0.4, 0.5) is 0 Å². The van der Waals surface area contributed by atoms with Crippen molar-refractivity contribution in [2.45, 2.75) is 6.54 Å². The lowest BCUT2D eigenvalue weighted by molar-refractivity contribution is 0.652. The molecule has 0 fully saturated rings. The Bertz CT molecular complexity index is 529. The van der Waals surface area contributed by atoms with Gasteiger partial charge in [-0.2, -0.15) is 5.10 Å². The van der Waals surface area contributed by atoms with Gasteiger partial charge in [-0.3, -0.25) is 4.79 Å². The van der Waals surface area contributed by atoms with Gasteiger partial charge in [-0.05, 0) is 11.6 Å². The predicted molar refractivity (Wildman–Crippen MR) is 64.0 cm³/mol. The van der Waals surface area contributed by atoms with Crippen molar-refractivity contribution in [3.8, 4) is 0 Å². The molecular formula is C13H12N2O. The van der Waals surface area contributed by atoms with Crippen LogP contribution in [-0.4, -0.2) is 9.78 Å². The van der Waals surface area contributed by atoms with E-state index in [-0.39, 0.29) is 5.56 Å². The Morgan fingerprint density at radius 1 is 1.12 bits per heavy atom. The normalized spacial score (nSPS) is 10.8. The molecule has 0 spiro atoms. The second kappa shape index (κ2) is 5.07. The van der Waals surface area contributed by atoms with E-state index < -0.39 is 0 Å². The van der Waals surface area contributed by atoms with Crippen molar-refractivity contribution < 1.29 is 0 Å². The van der Waals surface area contributed by atoms with Crippen molar-refractivity contribution >= 4 is 6.08 Å². The first kappa shape index (κ1) is 10.4. The van der Waals surface area contributed by atoms with Gasteiger partial charge in [-0.1, -0.05) is 42.5 Å². The van der Waals surface area contributed by atoms with E-state index >= 15 is 0 Å². The molecule has 0 aliphatic heterocycles. The molecule has 80 valence electrons. The molecule has 2 aromatic rings. The van der Waals surface area contributed by atoms with Crippen LogP contribution in [0, 0.1) is 0 Å². The predicted octanol–water partition coefficient (Wildman–Crippen LogP) is 1.96. The van der Waals surface area contributed by atoms with Gasteiger partial charge in [0.05, 0.1) is 6.54 Å². The molecule has 1 aromatic heterocycles. The fourth-order valence-electron chi connectivity index (χ4n) is 1.38. The van der Waals surface area contributed by atoms with Crippen molar-refractivity contribution in [1.82, 2.24) is 9.78 Å². The van der Waals surface area contributed by atoms with E-state index in [2.05, 4.69) is 5.10 Å². The van der Waals surface area contributed by atoms with Crippen LogP contribution in [0.15, 0.2) is 59.5 Å². The van der Waals surface area contributed by atoms with Crippen LogP contribution in [0.3, 0.4) is 0 Å². The highest BCUT2D eigenvalue weighted by molar-refractivity contribution is 5.48. The van der Waals surface area contributed by atoms with Gasteiger partial charge in [-0.25, -0.2) is 4.68 Å². The molecule has 2 rings (SSSR count). The van der Waals surface area contributed by atoms with Gasteiger partial charge in [0.15, 0.2) is 0 Å². The highest BCUT2D eigenvalue weighted by Crippen LogP contribution is 2.00. The van der Waals surface area contributed by atoms with Crippen molar-refractivity contribution in [1.29, 1.82) is 0 Å². The molecule has 0 unspecified atom stereocenters. The lowest BCUT2D eigenvalue weighted by atomic mass is 10.2. The summed E-state index contributed by atoms with van der Waals surface area (Å²) in [5.41, 5.74) is 1.03. The van der Waals surface area contributed by atoms with Crippen LogP contribution in [0.25, 0.3) is 6.08 Å². The largest absolute Gasteiger partial charge is 0.268 e. The summed E-state index contributed by atoms with van der Waals surface area (Å²) < 4.78 is 1.42. The van der Waals surface area contributed by atoms with Gasteiger partial charge >= 0.3 is 0 Å². The maximum atomic E-state index is 11.3. The molecule has 0 amide bonds. The standard InChI is InChI=1S/C13H12N2O/c16-13-9-4-10-14-15(13)11-5-8-12-6-2-1-3-7-12/h1-10H,11H2. The number of allylic oxidation sites excluding steroid dienone is 1. The van der Waals surface area contributed by atoms with Gasteiger partial charge in [0, 0.05) is 12.3 Å². The Kier molecular flexibility index (Phi) is 3.28. The minimum absolute atomic E-state index is 0.0831. The number of rotatable bonds is 3. The summed E-state index contributed by atoms with van der Waals surface area (Å²) in [7, 11) is 0. The summed E-state index contributed by atoms with van der Waals surface area (Å²) in [4.78, 5) is 11.3. The summed E-state index contributed by atoms with van der Waals surface area (Å²) in [6.07, 6.45) is 5.50. The van der Waals surface area contributed by atoms with Crippen LogP contribution < -0.4 is 5.56 Å². The smallest absolute Gasteiger partial charge is 0.267 e. The number of hydrogen-bond donors (Lipinski definition) is 0. The van der Waals surface area contributed by atoms with E-state index in [4.69, 9.17) is 0 Å². The fraction of sp³-hybridized carbons (Fsp3) is 0.0769. The minimum atomic E-state index is -0.0831. The van der Waals surface area contributed by atoms with Crippen LogP contribution in [0.5, 0.6) is 0 Å². The SMILES string of the molecule is O=c1cccnn1CC=Cc1ccccc1. The van der Waals surface area contributed by atoms with Gasteiger partial charge in [0.25, 0.3) is 5.56 Å². The molecular weight excluding hydrogens is 200 g/mol. The first-order valence-corrected chi connectivity index (χ1v) is 5.10. The Morgan fingerprint density at radius 2 is 1.94 bits per heavy atom. The number of hydrogen-bond acceptors (Lipinski definition) is 2. The summed E-state index contributed by atoms with van der Waals surface area (Å²) >= 11 is 0. The summed E-state index contributed by atoms with van der Waals surface area (Å²) in [6, 6.07) is 13.1. The van der Waals surface area contributed by atoms with E-state index in [9.17, 15) is 4.79 Å². The van der Waals surface area contributed by atoms with Crippen molar-refractivity contribution in [2.75, 3.05) is 0 Å². The van der Waals surface area contributed by atoms with Crippen LogP contribution in [0.2, 0.25) is 0 Å². The molecule has 0 aliphatic rings. The summed E-state index contributed by atoms with van der Waals surface area (Å²) in [6.45, 7) is 0.495. The Hall–Kier alpha value is -2.16. The summed E-state index contributed by atoms with van der Waals surface area (Å²) in [5.74, 6) is 0. The van der Waals surface area contributed by atoms with Crippen molar-refractivity contribution in [2.24, 2.45) is 0 Å². The average molecular weight is 212 g/mol. The Morgan fingerprint density at radius 3 is 2.69 bits per heavy atom. The van der Waals surface area contributed by atoms with Crippen LogP contribution >= 0.6 is 0 Å². The van der Waals surface area contributed by atoms with Gasteiger partial charge in [-0.15, -0.1) is 0 Å². The molecule has 3 heteroatoms. The monoisotopic (exact) mass is 212 g/mol. The number of nitrogens with zero attached hydrogens (tertiary/aromatic N) is 2. The maximum Gasteiger partial charge on any atom is 0.267 e. The van der Waals surface area contributed by atoms with Crippen LogP contribution in [-0.2, 0) is 6.54 Å². The fourth-order valence-corrected chi connectivity index (χ4v) is 1.38. The second-order valence-electron chi connectivity index (χ2n) is 3.36. The molecule has 1 aromatic carbocycles. The highest BCUT2D eigenvalue weighted by atomic mass is 16.1. The maximum absolute atomic E-state index is 11.3. The van der Waals surface area contributed by atoms with Crippen molar-refractivity contribution in [3.05, 3.63) is 70.7 Å². The van der Waals surface area contributed by atoms with E-state index in [0.29, 0.717) is 6.54 Å². The van der Waals surface area contributed by atoms with Gasteiger partial charge < -0.3 is 0 Å². The van der Waals surface area contributed by atoms with E-state index in [1.807, 2.05) is 42.5 Å². The number of aromatic nitrogens is 2. The van der Waals surface area contributed by atoms with Crippen molar-refractivity contribution in [3.63, 3.8) is 0 Å². The third kappa shape index (κ3) is 2.67. The zero-order chi connectivity index (χ0) is 11.2. The molecule has 0 saturated heterocycles. The quantitative estimate of drug-likeness (QED) is 0.779. The van der Waals surface area contributed by atoms with E-state index in [1.54, 1.807) is 12.3 Å². The summed E-state index contributed by atoms with van der Waals surface area (Å²) in [5, 5.41) is 3.96. The Balaban J connectivity index is 2.06. The van der Waals surface area contributed by atoms with Gasteiger partial charge in [0.2, 0.25) is 0 Å². The van der Waals surface area contributed by atoms with Gasteiger partial charge in [0.1, 0.15) is 0 Å². The molecule has 16 heavy (non-hydrogen) atoms. The first-order chi connectivity index (χ1) is 7.86.